The lowest BCUT2D eigenvalue weighted by atomic mass is 10.0. The third-order valence-corrected chi connectivity index (χ3v) is 4.01. The maximum absolute atomic E-state index is 13.0. The highest BCUT2D eigenvalue weighted by atomic mass is 35.5. The second-order valence-corrected chi connectivity index (χ2v) is 5.71. The van der Waals surface area contributed by atoms with Crippen LogP contribution < -0.4 is 11.1 Å². The maximum Gasteiger partial charge on any atom is 0.254 e. The van der Waals surface area contributed by atoms with Crippen molar-refractivity contribution in [3.63, 3.8) is 0 Å². The number of hydrogen-bond donors (Lipinski definition) is 2. The zero-order valence-corrected chi connectivity index (χ0v) is 12.0. The number of anilines is 1. The molecule has 2 aromatic rings. The highest BCUT2D eigenvalue weighted by Gasteiger charge is 2.45. The molecule has 3 N–H and O–H groups in total. The Morgan fingerprint density at radius 2 is 1.86 bits per heavy atom. The van der Waals surface area contributed by atoms with Crippen LogP contribution in [0.2, 0.25) is 5.02 Å². The molecule has 0 heterocycles. The van der Waals surface area contributed by atoms with E-state index in [4.69, 9.17) is 17.3 Å². The summed E-state index contributed by atoms with van der Waals surface area (Å²) in [6.07, 6.45) is 1.73. The Balaban J connectivity index is 1.82. The summed E-state index contributed by atoms with van der Waals surface area (Å²) in [5.74, 6) is -0.747. The smallest absolute Gasteiger partial charge is 0.254 e. The molecule has 108 valence electrons. The Morgan fingerprint density at radius 1 is 1.19 bits per heavy atom. The quantitative estimate of drug-likeness (QED) is 0.853. The molecule has 5 heteroatoms. The molecular formula is C16H14ClFN2O. The van der Waals surface area contributed by atoms with Crippen molar-refractivity contribution in [3.05, 3.63) is 64.4 Å². The van der Waals surface area contributed by atoms with Crippen LogP contribution in [-0.2, 0) is 5.54 Å². The van der Waals surface area contributed by atoms with Crippen molar-refractivity contribution in [1.29, 1.82) is 0 Å². The minimum atomic E-state index is -0.456. The van der Waals surface area contributed by atoms with E-state index >= 15 is 0 Å². The number of amides is 1. The molecule has 1 saturated carbocycles. The zero-order valence-electron chi connectivity index (χ0n) is 11.2. The van der Waals surface area contributed by atoms with Gasteiger partial charge in [0.15, 0.2) is 0 Å². The van der Waals surface area contributed by atoms with E-state index in [0.29, 0.717) is 5.02 Å². The van der Waals surface area contributed by atoms with Crippen LogP contribution in [0.3, 0.4) is 0 Å². The van der Waals surface area contributed by atoms with E-state index < -0.39 is 5.82 Å². The number of rotatable bonds is 3. The number of nitrogens with one attached hydrogen (secondary N) is 1. The van der Waals surface area contributed by atoms with E-state index in [1.165, 1.54) is 12.1 Å². The van der Waals surface area contributed by atoms with Crippen LogP contribution in [0.15, 0.2) is 42.5 Å². The molecule has 1 fully saturated rings. The van der Waals surface area contributed by atoms with Crippen molar-refractivity contribution < 1.29 is 9.18 Å². The Morgan fingerprint density at radius 3 is 2.43 bits per heavy atom. The normalized spacial score (nSPS) is 15.5. The molecule has 21 heavy (non-hydrogen) atoms. The summed E-state index contributed by atoms with van der Waals surface area (Å²) in [4.78, 5) is 12.3. The Bertz CT molecular complexity index is 696. The van der Waals surface area contributed by atoms with Gasteiger partial charge in [0.25, 0.3) is 5.91 Å². The van der Waals surface area contributed by atoms with Crippen LogP contribution in [0, 0.1) is 5.82 Å². The fourth-order valence-electron chi connectivity index (χ4n) is 2.40. The molecule has 2 aromatic carbocycles. The van der Waals surface area contributed by atoms with Crippen LogP contribution in [0.5, 0.6) is 0 Å². The van der Waals surface area contributed by atoms with E-state index in [-0.39, 0.29) is 22.7 Å². The Kier molecular flexibility index (Phi) is 3.33. The van der Waals surface area contributed by atoms with E-state index in [2.05, 4.69) is 5.32 Å². The molecule has 1 amide bonds. The molecular weight excluding hydrogens is 291 g/mol. The van der Waals surface area contributed by atoms with Crippen LogP contribution in [-0.4, -0.2) is 5.91 Å². The Hall–Kier alpha value is -2.07. The average Bonchev–Trinajstić information content (AvgIpc) is 3.20. The minimum absolute atomic E-state index is 0.138. The summed E-state index contributed by atoms with van der Waals surface area (Å²) in [6, 6.07) is 11.2. The first-order chi connectivity index (χ1) is 10.00. The molecule has 1 aliphatic rings. The minimum Gasteiger partial charge on any atom is -0.398 e. The van der Waals surface area contributed by atoms with Crippen molar-refractivity contribution in [1.82, 2.24) is 5.32 Å². The number of nitrogens with two attached hydrogens (primary N) is 1. The molecule has 0 bridgehead atoms. The molecule has 1 aliphatic carbocycles. The molecule has 0 atom stereocenters. The summed E-state index contributed by atoms with van der Waals surface area (Å²) in [7, 11) is 0. The first-order valence-corrected chi connectivity index (χ1v) is 7.02. The standard InChI is InChI=1S/C16H14ClFN2O/c17-11-3-1-10(2-4-11)16(7-8-16)20-15(21)13-6-5-12(18)9-14(13)19/h1-6,9H,7-8,19H2,(H,20,21). The van der Waals surface area contributed by atoms with Gasteiger partial charge in [0.1, 0.15) is 5.82 Å². The third kappa shape index (κ3) is 2.72. The largest absolute Gasteiger partial charge is 0.398 e. The topological polar surface area (TPSA) is 55.1 Å². The maximum atomic E-state index is 13.0. The predicted octanol–water partition coefficient (Wildman–Crippen LogP) is 3.48. The average molecular weight is 305 g/mol. The van der Waals surface area contributed by atoms with Gasteiger partial charge in [-0.25, -0.2) is 4.39 Å². The highest BCUT2D eigenvalue weighted by molar-refractivity contribution is 6.30. The number of carbonyl (C=O) groups excluding carboxylic acids is 1. The van der Waals surface area contributed by atoms with E-state index in [9.17, 15) is 9.18 Å². The van der Waals surface area contributed by atoms with Gasteiger partial charge in [-0.3, -0.25) is 4.79 Å². The molecule has 3 rings (SSSR count). The van der Waals surface area contributed by atoms with Crippen molar-refractivity contribution in [2.24, 2.45) is 0 Å². The van der Waals surface area contributed by atoms with E-state index in [0.717, 1.165) is 24.5 Å². The number of carbonyl (C=O) groups is 1. The lowest BCUT2D eigenvalue weighted by molar-refractivity contribution is 0.0931. The van der Waals surface area contributed by atoms with Gasteiger partial charge in [-0.15, -0.1) is 0 Å². The Labute approximate surface area is 126 Å². The first kappa shape index (κ1) is 13.9. The summed E-state index contributed by atoms with van der Waals surface area (Å²) in [5, 5.41) is 3.65. The summed E-state index contributed by atoms with van der Waals surface area (Å²) in [5.41, 5.74) is 6.78. The third-order valence-electron chi connectivity index (χ3n) is 3.76. The molecule has 3 nitrogen and oxygen atoms in total. The second-order valence-electron chi connectivity index (χ2n) is 5.27. The fraction of sp³-hybridized carbons (Fsp3) is 0.188. The molecule has 0 spiro atoms. The summed E-state index contributed by atoms with van der Waals surface area (Å²) in [6.45, 7) is 0. The van der Waals surface area contributed by atoms with Crippen molar-refractivity contribution in [2.75, 3.05) is 5.73 Å². The van der Waals surface area contributed by atoms with Gasteiger partial charge < -0.3 is 11.1 Å². The molecule has 0 saturated heterocycles. The lowest BCUT2D eigenvalue weighted by Gasteiger charge is -2.18. The SMILES string of the molecule is Nc1cc(F)ccc1C(=O)NC1(c2ccc(Cl)cc2)CC1. The number of halogens is 2. The van der Waals surface area contributed by atoms with Crippen LogP contribution in [0.1, 0.15) is 28.8 Å². The molecule has 0 radical (unpaired) electrons. The van der Waals surface area contributed by atoms with Crippen LogP contribution in [0.25, 0.3) is 0 Å². The number of nitrogen functional groups attached to an aromatic ring is 1. The first-order valence-electron chi connectivity index (χ1n) is 6.64. The van der Waals surface area contributed by atoms with Gasteiger partial charge >= 0.3 is 0 Å². The van der Waals surface area contributed by atoms with E-state index in [1.807, 2.05) is 12.1 Å². The lowest BCUT2D eigenvalue weighted by Crippen LogP contribution is -2.35. The molecule has 0 aromatic heterocycles. The highest BCUT2D eigenvalue weighted by Crippen LogP contribution is 2.46. The van der Waals surface area contributed by atoms with Gasteiger partial charge in [0.05, 0.1) is 11.1 Å². The van der Waals surface area contributed by atoms with Gasteiger partial charge in [0.2, 0.25) is 0 Å². The van der Waals surface area contributed by atoms with Gasteiger partial charge in [-0.05, 0) is 48.7 Å². The van der Waals surface area contributed by atoms with Gasteiger partial charge in [-0.1, -0.05) is 23.7 Å². The number of benzene rings is 2. The molecule has 0 unspecified atom stereocenters. The summed E-state index contributed by atoms with van der Waals surface area (Å²) >= 11 is 5.88. The number of hydrogen-bond acceptors (Lipinski definition) is 2. The van der Waals surface area contributed by atoms with Crippen LogP contribution in [0.4, 0.5) is 10.1 Å². The monoisotopic (exact) mass is 304 g/mol. The molecule has 0 aliphatic heterocycles. The van der Waals surface area contributed by atoms with Crippen molar-refractivity contribution >= 4 is 23.2 Å². The summed E-state index contributed by atoms with van der Waals surface area (Å²) < 4.78 is 13.0. The zero-order chi connectivity index (χ0) is 15.0. The second kappa shape index (κ2) is 5.04. The fourth-order valence-corrected chi connectivity index (χ4v) is 2.53. The predicted molar refractivity (Wildman–Crippen MR) is 80.6 cm³/mol. The van der Waals surface area contributed by atoms with Crippen molar-refractivity contribution in [3.8, 4) is 0 Å². The van der Waals surface area contributed by atoms with Gasteiger partial charge in [0, 0.05) is 10.7 Å². The van der Waals surface area contributed by atoms with Crippen LogP contribution >= 0.6 is 11.6 Å². The van der Waals surface area contributed by atoms with Gasteiger partial charge in [-0.2, -0.15) is 0 Å². The van der Waals surface area contributed by atoms with Crippen molar-refractivity contribution in [2.45, 2.75) is 18.4 Å². The van der Waals surface area contributed by atoms with E-state index in [1.54, 1.807) is 12.1 Å².